The van der Waals surface area contributed by atoms with E-state index in [0.717, 1.165) is 24.3 Å². The van der Waals surface area contributed by atoms with E-state index in [-0.39, 0.29) is 6.04 Å². The van der Waals surface area contributed by atoms with Crippen LogP contribution in [-0.4, -0.2) is 26.0 Å². The molecule has 0 aliphatic carbocycles. The Labute approximate surface area is 178 Å². The fourth-order valence-electron chi connectivity index (χ4n) is 3.29. The molecule has 0 aliphatic heterocycles. The molecule has 0 saturated heterocycles. The van der Waals surface area contributed by atoms with Gasteiger partial charge < -0.3 is 15.4 Å². The predicted molar refractivity (Wildman–Crippen MR) is 126 cm³/mol. The summed E-state index contributed by atoms with van der Waals surface area (Å²) in [6, 6.07) is 26.0. The summed E-state index contributed by atoms with van der Waals surface area (Å²) < 4.78 is 5.48. The topological polar surface area (TPSA) is 33.3 Å². The van der Waals surface area contributed by atoms with Crippen LogP contribution in [0.15, 0.2) is 77.7 Å². The average Bonchev–Trinajstić information content (AvgIpc) is 2.75. The average molecular weight is 407 g/mol. The summed E-state index contributed by atoms with van der Waals surface area (Å²) in [7, 11) is 1.76. The number of methoxy groups -OCH3 is 1. The van der Waals surface area contributed by atoms with Crippen LogP contribution in [0.25, 0.3) is 0 Å². The Morgan fingerprint density at radius 1 is 0.862 bits per heavy atom. The lowest BCUT2D eigenvalue weighted by Crippen LogP contribution is -2.28. The molecule has 1 atom stereocenters. The third kappa shape index (κ3) is 6.55. The summed E-state index contributed by atoms with van der Waals surface area (Å²) in [5, 5.41) is 7.25. The molecule has 3 aromatic rings. The lowest BCUT2D eigenvalue weighted by molar-refractivity contribution is 0.185. The maximum absolute atomic E-state index is 5.48. The monoisotopic (exact) mass is 406 g/mol. The van der Waals surface area contributed by atoms with Gasteiger partial charge in [-0.05, 0) is 55.0 Å². The first-order valence-corrected chi connectivity index (χ1v) is 11.2. The van der Waals surface area contributed by atoms with E-state index in [9.17, 15) is 0 Å². The van der Waals surface area contributed by atoms with E-state index in [2.05, 4.69) is 96.6 Å². The van der Waals surface area contributed by atoms with Crippen molar-refractivity contribution in [1.82, 2.24) is 0 Å². The first kappa shape index (κ1) is 21.3. The van der Waals surface area contributed by atoms with Gasteiger partial charge in [0.15, 0.2) is 0 Å². The Kier molecular flexibility index (Phi) is 8.03. The molecule has 0 aromatic heterocycles. The lowest BCUT2D eigenvalue weighted by atomic mass is 10.0. The molecule has 2 N–H and O–H groups in total. The number of thioether (sulfide) groups is 1. The van der Waals surface area contributed by atoms with Crippen molar-refractivity contribution >= 4 is 23.1 Å². The van der Waals surface area contributed by atoms with Crippen LogP contribution in [0.3, 0.4) is 0 Å². The van der Waals surface area contributed by atoms with Crippen LogP contribution in [0.1, 0.15) is 16.7 Å². The van der Waals surface area contributed by atoms with Crippen LogP contribution < -0.4 is 10.6 Å². The van der Waals surface area contributed by atoms with E-state index in [1.54, 1.807) is 18.9 Å². The molecule has 0 aliphatic rings. The number of aryl methyl sites for hydroxylation is 1. The van der Waals surface area contributed by atoms with Crippen LogP contribution in [0.4, 0.5) is 11.4 Å². The Morgan fingerprint density at radius 2 is 1.52 bits per heavy atom. The minimum atomic E-state index is 0.200. The van der Waals surface area contributed by atoms with E-state index in [1.807, 2.05) is 0 Å². The van der Waals surface area contributed by atoms with Crippen molar-refractivity contribution in [3.8, 4) is 0 Å². The van der Waals surface area contributed by atoms with Crippen molar-refractivity contribution in [1.29, 1.82) is 0 Å². The van der Waals surface area contributed by atoms with E-state index >= 15 is 0 Å². The number of hydrogen-bond acceptors (Lipinski definition) is 4. The highest BCUT2D eigenvalue weighted by Gasteiger charge is 2.12. The van der Waals surface area contributed by atoms with Gasteiger partial charge in [-0.3, -0.25) is 0 Å². The molecule has 0 spiro atoms. The number of rotatable bonds is 10. The van der Waals surface area contributed by atoms with Gasteiger partial charge in [0.2, 0.25) is 0 Å². The van der Waals surface area contributed by atoms with Gasteiger partial charge in [-0.2, -0.15) is 0 Å². The second-order valence-electron chi connectivity index (χ2n) is 7.23. The van der Waals surface area contributed by atoms with Crippen molar-refractivity contribution in [3.63, 3.8) is 0 Å². The van der Waals surface area contributed by atoms with Crippen molar-refractivity contribution in [2.75, 3.05) is 30.6 Å². The third-order valence-corrected chi connectivity index (χ3v) is 5.64. The molecule has 29 heavy (non-hydrogen) atoms. The summed E-state index contributed by atoms with van der Waals surface area (Å²) >= 11 is 1.76. The highest BCUT2D eigenvalue weighted by Crippen LogP contribution is 2.24. The minimum absolute atomic E-state index is 0.200. The largest absolute Gasteiger partial charge is 0.383 e. The van der Waals surface area contributed by atoms with Gasteiger partial charge in [-0.15, -0.1) is 11.8 Å². The number of nitrogens with one attached hydrogen (secondary N) is 2. The van der Waals surface area contributed by atoms with Crippen LogP contribution in [0.2, 0.25) is 0 Å². The van der Waals surface area contributed by atoms with E-state index in [4.69, 9.17) is 4.74 Å². The van der Waals surface area contributed by atoms with Gasteiger partial charge in [0.25, 0.3) is 0 Å². The Bertz CT molecular complexity index is 878. The van der Waals surface area contributed by atoms with Gasteiger partial charge in [-0.25, -0.2) is 0 Å². The molecule has 0 bridgehead atoms. The maximum Gasteiger partial charge on any atom is 0.0667 e. The molecule has 0 unspecified atom stereocenters. The predicted octanol–water partition coefficient (Wildman–Crippen LogP) is 6.00. The second-order valence-corrected chi connectivity index (χ2v) is 8.11. The fraction of sp³-hybridized carbons (Fsp3) is 0.280. The summed E-state index contributed by atoms with van der Waals surface area (Å²) in [6.45, 7) is 3.56. The van der Waals surface area contributed by atoms with E-state index in [0.29, 0.717) is 6.61 Å². The van der Waals surface area contributed by atoms with Gasteiger partial charge in [0.05, 0.1) is 24.0 Å². The number of benzene rings is 3. The Hall–Kier alpha value is -2.43. The molecular weight excluding hydrogens is 376 g/mol. The molecule has 4 heteroatoms. The highest BCUT2D eigenvalue weighted by atomic mass is 32.2. The fourth-order valence-corrected chi connectivity index (χ4v) is 3.69. The number of ether oxygens (including phenoxy) is 1. The smallest absolute Gasteiger partial charge is 0.0667 e. The second kappa shape index (κ2) is 10.9. The summed E-state index contributed by atoms with van der Waals surface area (Å²) in [5.74, 6) is 0. The van der Waals surface area contributed by atoms with Crippen molar-refractivity contribution in [3.05, 3.63) is 89.5 Å². The van der Waals surface area contributed by atoms with Crippen molar-refractivity contribution in [2.24, 2.45) is 0 Å². The van der Waals surface area contributed by atoms with Gasteiger partial charge in [-0.1, -0.05) is 54.1 Å². The van der Waals surface area contributed by atoms with Gasteiger partial charge in [0, 0.05) is 18.6 Å². The quantitative estimate of drug-likeness (QED) is 0.405. The number of para-hydroxylation sites is 2. The summed E-state index contributed by atoms with van der Waals surface area (Å²) in [5.41, 5.74) is 6.06. The maximum atomic E-state index is 5.48. The highest BCUT2D eigenvalue weighted by molar-refractivity contribution is 7.98. The van der Waals surface area contributed by atoms with Crippen LogP contribution in [0, 0.1) is 6.92 Å². The summed E-state index contributed by atoms with van der Waals surface area (Å²) in [4.78, 5) is 1.29. The van der Waals surface area contributed by atoms with E-state index in [1.165, 1.54) is 21.6 Å². The zero-order valence-corrected chi connectivity index (χ0v) is 18.3. The summed E-state index contributed by atoms with van der Waals surface area (Å²) in [6.07, 6.45) is 3.01. The molecule has 0 fully saturated rings. The molecule has 0 radical (unpaired) electrons. The lowest BCUT2D eigenvalue weighted by Gasteiger charge is -2.22. The zero-order chi connectivity index (χ0) is 20.5. The molecule has 0 saturated carbocycles. The van der Waals surface area contributed by atoms with Crippen molar-refractivity contribution in [2.45, 2.75) is 30.8 Å². The van der Waals surface area contributed by atoms with E-state index < -0.39 is 0 Å². The van der Waals surface area contributed by atoms with Crippen LogP contribution in [-0.2, 0) is 17.7 Å². The van der Waals surface area contributed by atoms with Gasteiger partial charge >= 0.3 is 0 Å². The molecule has 3 aromatic carbocycles. The molecule has 152 valence electrons. The standard InChI is InChI=1S/C25H30N2OS/c1-19-8-10-20(11-9-19)16-22(18-28-2)27-25-7-5-4-6-24(25)26-17-21-12-14-23(29-3)15-13-21/h4-15,22,26-27H,16-18H2,1-3H3/t22-/m0/s1. The normalized spacial score (nSPS) is 11.8. The Morgan fingerprint density at radius 3 is 2.17 bits per heavy atom. The first-order chi connectivity index (χ1) is 14.2. The van der Waals surface area contributed by atoms with Crippen molar-refractivity contribution < 1.29 is 4.74 Å². The Balaban J connectivity index is 1.67. The third-order valence-electron chi connectivity index (χ3n) is 4.90. The zero-order valence-electron chi connectivity index (χ0n) is 17.4. The van der Waals surface area contributed by atoms with Gasteiger partial charge in [0.1, 0.15) is 0 Å². The molecule has 3 rings (SSSR count). The van der Waals surface area contributed by atoms with Crippen LogP contribution in [0.5, 0.6) is 0 Å². The minimum Gasteiger partial charge on any atom is -0.383 e. The molecule has 0 amide bonds. The number of anilines is 2. The SMILES string of the molecule is COC[C@H](Cc1ccc(C)cc1)Nc1ccccc1NCc1ccc(SC)cc1. The molecular formula is C25H30N2OS. The molecule has 0 heterocycles. The number of hydrogen-bond donors (Lipinski definition) is 2. The molecule has 3 nitrogen and oxygen atoms in total. The first-order valence-electron chi connectivity index (χ1n) is 9.95. The van der Waals surface area contributed by atoms with Crippen LogP contribution >= 0.6 is 11.8 Å².